The molecule has 2 heterocycles. The molecule has 1 aromatic rings. The number of ether oxygens (including phenoxy) is 2. The number of aromatic amines is 1. The van der Waals surface area contributed by atoms with Gasteiger partial charge in [-0.1, -0.05) is 5.92 Å². The third-order valence-corrected chi connectivity index (χ3v) is 2.77. The molecule has 0 unspecified atom stereocenters. The minimum absolute atomic E-state index is 0.533. The van der Waals surface area contributed by atoms with E-state index in [1.807, 2.05) is 4.98 Å². The van der Waals surface area contributed by atoms with Crippen LogP contribution < -0.4 is 16.0 Å². The normalized spacial score (nSPS) is 24.2. The van der Waals surface area contributed by atoms with Crippen LogP contribution in [-0.2, 0) is 4.74 Å². The highest BCUT2D eigenvalue weighted by atomic mass is 19.3. The van der Waals surface area contributed by atoms with E-state index in [-0.39, 0.29) is 0 Å². The zero-order valence-corrected chi connectivity index (χ0v) is 10.5. The number of aliphatic hydroxyl groups excluding tert-OH is 1. The first-order chi connectivity index (χ1) is 9.90. The number of terminal acetylenes is 1. The molecule has 0 radical (unpaired) electrons. The average molecular weight is 300 g/mol. The van der Waals surface area contributed by atoms with Crippen LogP contribution >= 0.6 is 0 Å². The van der Waals surface area contributed by atoms with E-state index >= 15 is 0 Å². The molecule has 0 bridgehead atoms. The van der Waals surface area contributed by atoms with Crippen LogP contribution in [-0.4, -0.2) is 33.5 Å². The number of alkyl halides is 2. The molecule has 0 saturated heterocycles. The topological polar surface area (TPSA) is 93.5 Å². The summed E-state index contributed by atoms with van der Waals surface area (Å²) in [7, 11) is 0. The first kappa shape index (κ1) is 15.0. The van der Waals surface area contributed by atoms with Crippen molar-refractivity contribution in [1.29, 1.82) is 0 Å². The molecule has 112 valence electrons. The molecule has 2 rings (SSSR count). The lowest BCUT2D eigenvalue weighted by molar-refractivity contribution is -0.0582. The smallest absolute Gasteiger partial charge is 0.387 e. The van der Waals surface area contributed by atoms with E-state index in [1.54, 1.807) is 0 Å². The zero-order valence-electron chi connectivity index (χ0n) is 10.5. The molecule has 2 atom stereocenters. The predicted molar refractivity (Wildman–Crippen MR) is 65.9 cm³/mol. The highest BCUT2D eigenvalue weighted by Gasteiger charge is 2.34. The van der Waals surface area contributed by atoms with Crippen LogP contribution in [0.25, 0.3) is 0 Å². The fourth-order valence-corrected chi connectivity index (χ4v) is 1.73. The Morgan fingerprint density at radius 2 is 2.33 bits per heavy atom. The molecule has 9 heteroatoms. The highest BCUT2D eigenvalue weighted by molar-refractivity contribution is 5.25. The maximum atomic E-state index is 12.2. The van der Waals surface area contributed by atoms with Crippen molar-refractivity contribution in [3.05, 3.63) is 39.2 Å². The molecule has 0 saturated carbocycles. The van der Waals surface area contributed by atoms with E-state index in [0.29, 0.717) is 0 Å². The number of hydrogen-bond acceptors (Lipinski definition) is 5. The van der Waals surface area contributed by atoms with Crippen LogP contribution in [0.2, 0.25) is 0 Å². The van der Waals surface area contributed by atoms with Gasteiger partial charge in [0.2, 0.25) is 5.75 Å². The molecule has 21 heavy (non-hydrogen) atoms. The summed E-state index contributed by atoms with van der Waals surface area (Å²) < 4.78 is 34.5. The second-order valence-corrected chi connectivity index (χ2v) is 4.10. The third-order valence-electron chi connectivity index (χ3n) is 2.77. The highest BCUT2D eigenvalue weighted by Crippen LogP contribution is 2.28. The molecule has 0 spiro atoms. The van der Waals surface area contributed by atoms with E-state index in [1.165, 1.54) is 12.2 Å². The van der Waals surface area contributed by atoms with Gasteiger partial charge in [0.15, 0.2) is 11.8 Å². The van der Waals surface area contributed by atoms with Gasteiger partial charge in [0, 0.05) is 0 Å². The first-order valence-corrected chi connectivity index (χ1v) is 5.67. The Kier molecular flexibility index (Phi) is 3.93. The maximum absolute atomic E-state index is 12.2. The van der Waals surface area contributed by atoms with Crippen LogP contribution in [0.5, 0.6) is 5.75 Å². The van der Waals surface area contributed by atoms with Gasteiger partial charge >= 0.3 is 12.3 Å². The van der Waals surface area contributed by atoms with Crippen molar-refractivity contribution in [1.82, 2.24) is 9.55 Å². The number of halogens is 2. The summed E-state index contributed by atoms with van der Waals surface area (Å²) in [6.45, 7) is -3.76. The van der Waals surface area contributed by atoms with Crippen molar-refractivity contribution in [2.45, 2.75) is 18.4 Å². The molecule has 0 aliphatic carbocycles. The Bertz CT molecular complexity index is 718. The standard InChI is InChI=1S/C12H10F2N2O5/c1-2-12(6-17)4-3-8(21-12)16-5-7(20-10(13)14)9(18)15-11(16)19/h1,3-5,8,10,17H,6H2,(H,15,18,19)/t8-,12+/m1/s1. The van der Waals surface area contributed by atoms with E-state index in [2.05, 4.69) is 10.7 Å². The lowest BCUT2D eigenvalue weighted by Crippen LogP contribution is -2.36. The fourth-order valence-electron chi connectivity index (χ4n) is 1.73. The van der Waals surface area contributed by atoms with E-state index in [4.69, 9.17) is 11.2 Å². The van der Waals surface area contributed by atoms with Gasteiger partial charge in [-0.25, -0.2) is 4.79 Å². The summed E-state index contributed by atoms with van der Waals surface area (Å²) in [6.07, 6.45) is 7.63. The Hall–Kier alpha value is -2.44. The number of aliphatic hydroxyl groups is 1. The summed E-state index contributed by atoms with van der Waals surface area (Å²) >= 11 is 0. The number of aromatic nitrogens is 2. The minimum Gasteiger partial charge on any atom is -0.427 e. The molecule has 1 aromatic heterocycles. The fraction of sp³-hybridized carbons (Fsp3) is 0.333. The van der Waals surface area contributed by atoms with Gasteiger partial charge in [-0.3, -0.25) is 14.3 Å². The van der Waals surface area contributed by atoms with Crippen molar-refractivity contribution < 1.29 is 23.4 Å². The van der Waals surface area contributed by atoms with E-state index < -0.39 is 42.0 Å². The monoisotopic (exact) mass is 300 g/mol. The van der Waals surface area contributed by atoms with Gasteiger partial charge in [0.1, 0.15) is 0 Å². The van der Waals surface area contributed by atoms with Crippen LogP contribution in [0.3, 0.4) is 0 Å². The summed E-state index contributed by atoms with van der Waals surface area (Å²) in [5.74, 6) is 1.46. The third kappa shape index (κ3) is 2.86. The number of nitrogens with zero attached hydrogens (tertiary/aromatic N) is 1. The Labute approximate surface area is 116 Å². The van der Waals surface area contributed by atoms with Gasteiger partial charge < -0.3 is 14.6 Å². The summed E-state index contributed by atoms with van der Waals surface area (Å²) in [4.78, 5) is 24.8. The van der Waals surface area contributed by atoms with Crippen molar-refractivity contribution in [2.24, 2.45) is 0 Å². The molecule has 2 N–H and O–H groups in total. The second-order valence-electron chi connectivity index (χ2n) is 4.10. The zero-order chi connectivity index (χ0) is 15.6. The largest absolute Gasteiger partial charge is 0.427 e. The predicted octanol–water partition coefficient (Wildman–Crippen LogP) is -0.413. The first-order valence-electron chi connectivity index (χ1n) is 5.67. The van der Waals surface area contributed by atoms with Crippen LogP contribution in [0.15, 0.2) is 27.9 Å². The van der Waals surface area contributed by atoms with Crippen LogP contribution in [0, 0.1) is 12.3 Å². The van der Waals surface area contributed by atoms with Gasteiger partial charge in [-0.15, -0.1) is 6.42 Å². The Morgan fingerprint density at radius 3 is 2.86 bits per heavy atom. The van der Waals surface area contributed by atoms with Gasteiger partial charge in [-0.2, -0.15) is 8.78 Å². The second kappa shape index (κ2) is 5.51. The number of nitrogens with one attached hydrogen (secondary N) is 1. The summed E-state index contributed by atoms with van der Waals surface area (Å²) in [6, 6.07) is 0. The molecular formula is C12H10F2N2O5. The summed E-state index contributed by atoms with van der Waals surface area (Å²) in [5, 5.41) is 9.18. The summed E-state index contributed by atoms with van der Waals surface area (Å²) in [5.41, 5.74) is -3.41. The van der Waals surface area contributed by atoms with E-state index in [9.17, 15) is 23.5 Å². The van der Waals surface area contributed by atoms with Gasteiger partial charge in [0.05, 0.1) is 12.8 Å². The average Bonchev–Trinajstić information content (AvgIpc) is 2.86. The molecule has 7 nitrogen and oxygen atoms in total. The van der Waals surface area contributed by atoms with Crippen molar-refractivity contribution >= 4 is 0 Å². The number of hydrogen-bond donors (Lipinski definition) is 2. The molecule has 1 aliphatic heterocycles. The van der Waals surface area contributed by atoms with Crippen LogP contribution in [0.4, 0.5) is 8.78 Å². The van der Waals surface area contributed by atoms with Gasteiger partial charge in [-0.05, 0) is 12.2 Å². The molecule has 0 aromatic carbocycles. The maximum Gasteiger partial charge on any atom is 0.387 e. The Balaban J connectivity index is 2.38. The van der Waals surface area contributed by atoms with Crippen molar-refractivity contribution in [2.75, 3.05) is 6.61 Å². The van der Waals surface area contributed by atoms with E-state index in [0.717, 1.165) is 10.8 Å². The Morgan fingerprint density at radius 1 is 1.62 bits per heavy atom. The SMILES string of the molecule is C#C[C@@]1(CO)C=C[C@H](n2cc(OC(F)F)c(=O)[nH]c2=O)O1. The molecule has 1 aliphatic rings. The van der Waals surface area contributed by atoms with Crippen molar-refractivity contribution in [3.63, 3.8) is 0 Å². The van der Waals surface area contributed by atoms with Gasteiger partial charge in [0.25, 0.3) is 5.56 Å². The molecular weight excluding hydrogens is 290 g/mol. The lowest BCUT2D eigenvalue weighted by Gasteiger charge is -2.22. The number of rotatable bonds is 4. The van der Waals surface area contributed by atoms with Crippen LogP contribution in [0.1, 0.15) is 6.23 Å². The minimum atomic E-state index is -3.22. The molecule has 0 amide bonds. The lowest BCUT2D eigenvalue weighted by atomic mass is 10.1. The quantitative estimate of drug-likeness (QED) is 0.582. The van der Waals surface area contributed by atoms with Crippen molar-refractivity contribution in [3.8, 4) is 18.1 Å². The number of H-pyrrole nitrogens is 1. The molecule has 0 fully saturated rings.